The molecule has 0 aliphatic carbocycles. The summed E-state index contributed by atoms with van der Waals surface area (Å²) in [4.78, 5) is 0. The second-order valence-electron chi connectivity index (χ2n) is 3.45. The van der Waals surface area contributed by atoms with Crippen molar-refractivity contribution in [1.29, 1.82) is 0 Å². The summed E-state index contributed by atoms with van der Waals surface area (Å²) in [6, 6.07) is 5.40. The molecule has 0 spiro atoms. The van der Waals surface area contributed by atoms with Crippen LogP contribution in [0.25, 0.3) is 5.69 Å². The van der Waals surface area contributed by atoms with E-state index in [2.05, 4.69) is 10.2 Å². The fraction of sp³-hybridized carbons (Fsp3) is 0.273. The minimum atomic E-state index is 0.530. The first-order valence-electron chi connectivity index (χ1n) is 5.17. The summed E-state index contributed by atoms with van der Waals surface area (Å²) in [7, 11) is 1.61. The summed E-state index contributed by atoms with van der Waals surface area (Å²) >= 11 is 11.2. The number of nitrogens with zero attached hydrogens (tertiary/aromatic N) is 2. The van der Waals surface area contributed by atoms with Gasteiger partial charge in [-0.1, -0.05) is 18.5 Å². The van der Waals surface area contributed by atoms with Crippen molar-refractivity contribution in [1.82, 2.24) is 14.8 Å². The SMILES string of the molecule is CCc1n[nH]c(=S)n1-c1cc(Cl)ccc1OC. The van der Waals surface area contributed by atoms with Gasteiger partial charge in [0.1, 0.15) is 11.6 Å². The second-order valence-corrected chi connectivity index (χ2v) is 4.27. The Morgan fingerprint density at radius 1 is 1.53 bits per heavy atom. The minimum Gasteiger partial charge on any atom is -0.495 e. The lowest BCUT2D eigenvalue weighted by Crippen LogP contribution is -2.02. The molecule has 1 aromatic heterocycles. The number of rotatable bonds is 3. The van der Waals surface area contributed by atoms with Gasteiger partial charge in [-0.05, 0) is 30.4 Å². The highest BCUT2D eigenvalue weighted by Gasteiger charge is 2.11. The number of aromatic amines is 1. The lowest BCUT2D eigenvalue weighted by molar-refractivity contribution is 0.412. The number of nitrogens with one attached hydrogen (secondary N) is 1. The quantitative estimate of drug-likeness (QED) is 0.871. The third-order valence-corrected chi connectivity index (χ3v) is 2.95. The predicted octanol–water partition coefficient (Wildman–Crippen LogP) is 3.15. The molecule has 1 heterocycles. The Morgan fingerprint density at radius 3 is 2.94 bits per heavy atom. The van der Waals surface area contributed by atoms with Crippen molar-refractivity contribution >= 4 is 23.8 Å². The molecule has 1 aromatic carbocycles. The third kappa shape index (κ3) is 2.21. The first kappa shape index (κ1) is 12.1. The summed E-state index contributed by atoms with van der Waals surface area (Å²) in [6.07, 6.45) is 0.767. The summed E-state index contributed by atoms with van der Waals surface area (Å²) in [5.74, 6) is 1.55. The molecular weight excluding hydrogens is 258 g/mol. The van der Waals surface area contributed by atoms with Gasteiger partial charge in [0.15, 0.2) is 4.77 Å². The van der Waals surface area contributed by atoms with Crippen molar-refractivity contribution in [3.05, 3.63) is 33.8 Å². The van der Waals surface area contributed by atoms with Crippen molar-refractivity contribution < 1.29 is 4.74 Å². The normalized spacial score (nSPS) is 10.5. The molecule has 0 aliphatic rings. The number of hydrogen-bond donors (Lipinski definition) is 1. The molecular formula is C11H12ClN3OS. The van der Waals surface area contributed by atoms with Crippen LogP contribution in [0.3, 0.4) is 0 Å². The maximum Gasteiger partial charge on any atom is 0.199 e. The van der Waals surface area contributed by atoms with Gasteiger partial charge in [0.2, 0.25) is 0 Å². The van der Waals surface area contributed by atoms with E-state index < -0.39 is 0 Å². The van der Waals surface area contributed by atoms with Crippen LogP contribution in [-0.4, -0.2) is 21.9 Å². The van der Waals surface area contributed by atoms with Gasteiger partial charge in [0.05, 0.1) is 12.8 Å². The maximum atomic E-state index is 6.01. The number of aromatic nitrogens is 3. The molecule has 0 radical (unpaired) electrons. The number of benzene rings is 1. The van der Waals surface area contributed by atoms with Gasteiger partial charge in [-0.2, -0.15) is 5.10 Å². The molecule has 0 fully saturated rings. The monoisotopic (exact) mass is 269 g/mol. The zero-order valence-electron chi connectivity index (χ0n) is 9.53. The highest BCUT2D eigenvalue weighted by Crippen LogP contribution is 2.27. The van der Waals surface area contributed by atoms with Crippen LogP contribution in [0, 0.1) is 4.77 Å². The van der Waals surface area contributed by atoms with Crippen molar-refractivity contribution in [2.24, 2.45) is 0 Å². The Morgan fingerprint density at radius 2 is 2.29 bits per heavy atom. The smallest absolute Gasteiger partial charge is 0.199 e. The molecule has 2 rings (SSSR count). The van der Waals surface area contributed by atoms with E-state index in [4.69, 9.17) is 28.6 Å². The Bertz CT molecular complexity index is 591. The van der Waals surface area contributed by atoms with E-state index >= 15 is 0 Å². The van der Waals surface area contributed by atoms with Gasteiger partial charge >= 0.3 is 0 Å². The van der Waals surface area contributed by atoms with Gasteiger partial charge < -0.3 is 4.74 Å². The zero-order valence-corrected chi connectivity index (χ0v) is 11.1. The Hall–Kier alpha value is -1.33. The van der Waals surface area contributed by atoms with Crippen LogP contribution < -0.4 is 4.74 Å². The van der Waals surface area contributed by atoms with E-state index in [-0.39, 0.29) is 0 Å². The van der Waals surface area contributed by atoms with Crippen LogP contribution in [-0.2, 0) is 6.42 Å². The van der Waals surface area contributed by atoms with Crippen LogP contribution >= 0.6 is 23.8 Å². The lowest BCUT2D eigenvalue weighted by Gasteiger charge is -2.11. The van der Waals surface area contributed by atoms with E-state index in [1.54, 1.807) is 13.2 Å². The lowest BCUT2D eigenvalue weighted by atomic mass is 10.3. The van der Waals surface area contributed by atoms with E-state index in [0.29, 0.717) is 15.5 Å². The third-order valence-electron chi connectivity index (χ3n) is 2.44. The molecule has 90 valence electrons. The highest BCUT2D eigenvalue weighted by atomic mass is 35.5. The van der Waals surface area contributed by atoms with Crippen molar-refractivity contribution in [3.63, 3.8) is 0 Å². The van der Waals surface area contributed by atoms with Crippen LogP contribution in [0.1, 0.15) is 12.7 Å². The summed E-state index contributed by atoms with van der Waals surface area (Å²) in [5.41, 5.74) is 0.801. The number of halogens is 1. The van der Waals surface area contributed by atoms with Crippen LogP contribution in [0.2, 0.25) is 5.02 Å². The number of methoxy groups -OCH3 is 1. The Balaban J connectivity index is 2.70. The van der Waals surface area contributed by atoms with E-state index in [9.17, 15) is 0 Å². The van der Waals surface area contributed by atoms with Gasteiger partial charge in [-0.25, -0.2) is 0 Å². The fourth-order valence-electron chi connectivity index (χ4n) is 1.65. The van der Waals surface area contributed by atoms with Crippen LogP contribution in [0.5, 0.6) is 5.75 Å². The first-order chi connectivity index (χ1) is 8.17. The zero-order chi connectivity index (χ0) is 12.4. The highest BCUT2D eigenvalue weighted by molar-refractivity contribution is 7.71. The Kier molecular flexibility index (Phi) is 3.49. The second kappa shape index (κ2) is 4.89. The summed E-state index contributed by atoms with van der Waals surface area (Å²) in [5, 5.41) is 7.57. The van der Waals surface area contributed by atoms with E-state index in [1.807, 2.05) is 23.6 Å². The van der Waals surface area contributed by atoms with Gasteiger partial charge in [0.25, 0.3) is 0 Å². The van der Waals surface area contributed by atoms with Gasteiger partial charge in [-0.15, -0.1) is 0 Å². The average molecular weight is 270 g/mol. The molecule has 0 saturated carbocycles. The number of aryl methyl sites for hydroxylation is 1. The van der Waals surface area contributed by atoms with Crippen molar-refractivity contribution in [2.45, 2.75) is 13.3 Å². The fourth-order valence-corrected chi connectivity index (χ4v) is 2.07. The molecule has 1 N–H and O–H groups in total. The van der Waals surface area contributed by atoms with Crippen LogP contribution in [0.4, 0.5) is 0 Å². The van der Waals surface area contributed by atoms with E-state index in [1.165, 1.54) is 0 Å². The van der Waals surface area contributed by atoms with Gasteiger partial charge in [-0.3, -0.25) is 9.67 Å². The molecule has 0 bridgehead atoms. The number of ether oxygens (including phenoxy) is 1. The Labute approximate surface area is 109 Å². The first-order valence-corrected chi connectivity index (χ1v) is 5.96. The number of hydrogen-bond acceptors (Lipinski definition) is 3. The molecule has 0 saturated heterocycles. The molecule has 6 heteroatoms. The summed E-state index contributed by atoms with van der Waals surface area (Å²) in [6.45, 7) is 2.01. The molecule has 4 nitrogen and oxygen atoms in total. The van der Waals surface area contributed by atoms with Crippen molar-refractivity contribution in [2.75, 3.05) is 7.11 Å². The van der Waals surface area contributed by atoms with Crippen LogP contribution in [0.15, 0.2) is 18.2 Å². The molecule has 0 unspecified atom stereocenters. The molecule has 0 atom stereocenters. The van der Waals surface area contributed by atoms with E-state index in [0.717, 1.165) is 17.9 Å². The maximum absolute atomic E-state index is 6.01. The van der Waals surface area contributed by atoms with Crippen molar-refractivity contribution in [3.8, 4) is 11.4 Å². The molecule has 2 aromatic rings. The predicted molar refractivity (Wildman–Crippen MR) is 69.7 cm³/mol. The standard InChI is InChI=1S/C11H12ClN3OS/c1-3-10-13-14-11(17)15(10)8-6-7(12)4-5-9(8)16-2/h4-6H,3H2,1-2H3,(H,14,17). The molecule has 0 aliphatic heterocycles. The number of H-pyrrole nitrogens is 1. The van der Waals surface area contributed by atoms with Gasteiger partial charge in [0, 0.05) is 11.4 Å². The summed E-state index contributed by atoms with van der Waals surface area (Å²) < 4.78 is 7.67. The molecule has 17 heavy (non-hydrogen) atoms. The average Bonchev–Trinajstić information content (AvgIpc) is 2.70. The minimum absolute atomic E-state index is 0.530. The molecule has 0 amide bonds. The topological polar surface area (TPSA) is 42.8 Å². The largest absolute Gasteiger partial charge is 0.495 e.